The second-order valence-electron chi connectivity index (χ2n) is 5.62. The molecule has 2 aromatic heterocycles. The number of nitrogens with zero attached hydrogens (tertiary/aromatic N) is 2. The van der Waals surface area contributed by atoms with Gasteiger partial charge in [0.1, 0.15) is 5.65 Å². The molecule has 0 fully saturated rings. The molecule has 3 aromatic rings. The van der Waals surface area contributed by atoms with E-state index >= 15 is 0 Å². The first-order valence-corrected chi connectivity index (χ1v) is 8.17. The lowest BCUT2D eigenvalue weighted by Gasteiger charge is -2.06. The van der Waals surface area contributed by atoms with Crippen LogP contribution in [0.1, 0.15) is 21.6 Å². The summed E-state index contributed by atoms with van der Waals surface area (Å²) in [4.78, 5) is 16.1. The molecule has 1 amide bonds. The van der Waals surface area contributed by atoms with Gasteiger partial charge in [0, 0.05) is 17.8 Å². The maximum atomic E-state index is 14.2. The first-order valence-electron chi connectivity index (χ1n) is 7.79. The number of hydrogen-bond donors (Lipinski definition) is 1. The largest absolute Gasteiger partial charge is 0.375 e. The predicted octanol–water partition coefficient (Wildman–Crippen LogP) is 3.38. The van der Waals surface area contributed by atoms with Crippen molar-refractivity contribution in [3.8, 4) is 0 Å². The van der Waals surface area contributed by atoms with Crippen molar-refractivity contribution in [2.24, 2.45) is 0 Å². The highest BCUT2D eigenvalue weighted by Gasteiger charge is 2.18. The number of benzene rings is 1. The van der Waals surface area contributed by atoms with Gasteiger partial charge in [-0.25, -0.2) is 4.98 Å². The summed E-state index contributed by atoms with van der Waals surface area (Å²) < 4.78 is 21.0. The van der Waals surface area contributed by atoms with Crippen molar-refractivity contribution in [3.63, 3.8) is 0 Å². The van der Waals surface area contributed by atoms with Gasteiger partial charge in [0.15, 0.2) is 5.69 Å². The van der Waals surface area contributed by atoms with E-state index in [1.54, 1.807) is 30.5 Å². The van der Waals surface area contributed by atoms with Crippen molar-refractivity contribution in [2.45, 2.75) is 13.5 Å². The summed E-state index contributed by atoms with van der Waals surface area (Å²) in [7, 11) is 0. The van der Waals surface area contributed by atoms with Crippen LogP contribution < -0.4 is 5.32 Å². The second-order valence-corrected chi connectivity index (χ2v) is 6.05. The fourth-order valence-corrected chi connectivity index (χ4v) is 2.48. The molecule has 1 N–H and O–H groups in total. The molecule has 7 heteroatoms. The van der Waals surface area contributed by atoms with Crippen molar-refractivity contribution in [3.05, 3.63) is 70.4 Å². The highest BCUT2D eigenvalue weighted by atomic mass is 35.5. The van der Waals surface area contributed by atoms with Crippen LogP contribution in [0, 0.1) is 12.9 Å². The summed E-state index contributed by atoms with van der Waals surface area (Å²) in [6.07, 6.45) is 1.55. The van der Waals surface area contributed by atoms with Crippen LogP contribution in [0.5, 0.6) is 0 Å². The van der Waals surface area contributed by atoms with Gasteiger partial charge < -0.3 is 10.1 Å². The molecule has 130 valence electrons. The Morgan fingerprint density at radius 2 is 2.08 bits per heavy atom. The van der Waals surface area contributed by atoms with Gasteiger partial charge >= 0.3 is 0 Å². The van der Waals surface area contributed by atoms with Crippen LogP contribution in [-0.2, 0) is 11.3 Å². The molecule has 0 unspecified atom stereocenters. The standard InChI is InChI=1S/C18H17ClFN3O2/c1-12-6-8-23-15(10-12)22-16(17(23)20)18(24)21-7-9-25-11-13-2-4-14(19)5-3-13/h2-6,8,10H,7,9,11H2,1H3,(H,21,24). The molecule has 0 saturated heterocycles. The summed E-state index contributed by atoms with van der Waals surface area (Å²) in [6.45, 7) is 2.86. The van der Waals surface area contributed by atoms with E-state index in [1.807, 2.05) is 19.1 Å². The minimum Gasteiger partial charge on any atom is -0.375 e. The molecule has 0 aliphatic heterocycles. The third kappa shape index (κ3) is 4.15. The molecule has 0 bridgehead atoms. The lowest BCUT2D eigenvalue weighted by molar-refractivity contribution is 0.0892. The monoisotopic (exact) mass is 361 g/mol. The smallest absolute Gasteiger partial charge is 0.274 e. The van der Waals surface area contributed by atoms with Crippen molar-refractivity contribution >= 4 is 23.2 Å². The molecule has 0 radical (unpaired) electrons. The van der Waals surface area contributed by atoms with Gasteiger partial charge in [-0.1, -0.05) is 23.7 Å². The number of hydrogen-bond acceptors (Lipinski definition) is 3. The number of ether oxygens (including phenoxy) is 1. The third-order valence-corrected chi connectivity index (χ3v) is 3.90. The Balaban J connectivity index is 1.51. The number of imidazole rings is 1. The van der Waals surface area contributed by atoms with Crippen molar-refractivity contribution in [2.75, 3.05) is 13.2 Å². The summed E-state index contributed by atoms with van der Waals surface area (Å²) in [5.41, 5.74) is 2.11. The number of amides is 1. The van der Waals surface area contributed by atoms with E-state index in [1.165, 1.54) is 4.40 Å². The van der Waals surface area contributed by atoms with E-state index in [9.17, 15) is 9.18 Å². The summed E-state index contributed by atoms with van der Waals surface area (Å²) in [5, 5.41) is 3.28. The fraction of sp³-hybridized carbons (Fsp3) is 0.222. The van der Waals surface area contributed by atoms with Crippen LogP contribution in [0.15, 0.2) is 42.6 Å². The highest BCUT2D eigenvalue weighted by molar-refractivity contribution is 6.30. The number of rotatable bonds is 6. The molecule has 0 aliphatic carbocycles. The Kier molecular flexibility index (Phi) is 5.31. The molecule has 0 aliphatic rings. The normalized spacial score (nSPS) is 11.0. The maximum absolute atomic E-state index is 14.2. The molecule has 1 aromatic carbocycles. The Morgan fingerprint density at radius 1 is 1.32 bits per heavy atom. The minimum absolute atomic E-state index is 0.219. The predicted molar refractivity (Wildman–Crippen MR) is 93.3 cm³/mol. The lowest BCUT2D eigenvalue weighted by atomic mass is 10.2. The quantitative estimate of drug-likeness (QED) is 0.685. The Labute approximate surface area is 149 Å². The van der Waals surface area contributed by atoms with E-state index in [2.05, 4.69) is 10.3 Å². The maximum Gasteiger partial charge on any atom is 0.274 e. The molecular weight excluding hydrogens is 345 g/mol. The third-order valence-electron chi connectivity index (χ3n) is 3.65. The highest BCUT2D eigenvalue weighted by Crippen LogP contribution is 2.13. The molecule has 0 spiro atoms. The van der Waals surface area contributed by atoms with Gasteiger partial charge in [0.2, 0.25) is 5.95 Å². The van der Waals surface area contributed by atoms with E-state index in [-0.39, 0.29) is 12.2 Å². The summed E-state index contributed by atoms with van der Waals surface area (Å²) >= 11 is 5.81. The van der Waals surface area contributed by atoms with Gasteiger partial charge in [-0.3, -0.25) is 9.20 Å². The molecule has 3 rings (SSSR count). The van der Waals surface area contributed by atoms with Crippen LogP contribution in [0.2, 0.25) is 5.02 Å². The molecule has 25 heavy (non-hydrogen) atoms. The molecule has 0 atom stereocenters. The van der Waals surface area contributed by atoms with Gasteiger partial charge in [-0.05, 0) is 42.3 Å². The number of fused-ring (bicyclic) bond motifs is 1. The average molecular weight is 362 g/mol. The lowest BCUT2D eigenvalue weighted by Crippen LogP contribution is -2.28. The van der Waals surface area contributed by atoms with Crippen molar-refractivity contribution in [1.82, 2.24) is 14.7 Å². The molecule has 5 nitrogen and oxygen atoms in total. The average Bonchev–Trinajstić information content (AvgIpc) is 2.92. The minimum atomic E-state index is -0.672. The topological polar surface area (TPSA) is 55.6 Å². The number of nitrogens with one attached hydrogen (secondary N) is 1. The van der Waals surface area contributed by atoms with E-state index in [4.69, 9.17) is 16.3 Å². The fourth-order valence-electron chi connectivity index (χ4n) is 2.35. The van der Waals surface area contributed by atoms with Gasteiger partial charge in [-0.15, -0.1) is 0 Å². The van der Waals surface area contributed by atoms with Crippen LogP contribution in [-0.4, -0.2) is 28.4 Å². The molecule has 2 heterocycles. The van der Waals surface area contributed by atoms with Gasteiger partial charge in [0.05, 0.1) is 13.2 Å². The van der Waals surface area contributed by atoms with Crippen LogP contribution >= 0.6 is 11.6 Å². The first kappa shape index (κ1) is 17.4. The van der Waals surface area contributed by atoms with Crippen molar-refractivity contribution in [1.29, 1.82) is 0 Å². The number of carbonyl (C=O) groups excluding carboxylic acids is 1. The molecular formula is C18H17ClFN3O2. The number of halogens is 2. The summed E-state index contributed by atoms with van der Waals surface area (Å²) in [6, 6.07) is 10.8. The first-order chi connectivity index (χ1) is 12.0. The number of carbonyl (C=O) groups is 1. The Morgan fingerprint density at radius 3 is 2.84 bits per heavy atom. The van der Waals surface area contributed by atoms with Gasteiger partial charge in [-0.2, -0.15) is 4.39 Å². The van der Waals surface area contributed by atoms with Crippen LogP contribution in [0.25, 0.3) is 5.65 Å². The van der Waals surface area contributed by atoms with Crippen LogP contribution in [0.4, 0.5) is 4.39 Å². The number of pyridine rings is 1. The van der Waals surface area contributed by atoms with E-state index < -0.39 is 11.9 Å². The number of aryl methyl sites for hydroxylation is 1. The van der Waals surface area contributed by atoms with E-state index in [0.29, 0.717) is 23.9 Å². The summed E-state index contributed by atoms with van der Waals surface area (Å²) in [5.74, 6) is -1.23. The van der Waals surface area contributed by atoms with Crippen LogP contribution in [0.3, 0.4) is 0 Å². The second kappa shape index (κ2) is 7.63. The zero-order valence-electron chi connectivity index (χ0n) is 13.6. The molecule has 0 saturated carbocycles. The number of aromatic nitrogens is 2. The van der Waals surface area contributed by atoms with Crippen molar-refractivity contribution < 1.29 is 13.9 Å². The Bertz CT molecular complexity index is 893. The zero-order chi connectivity index (χ0) is 17.8. The zero-order valence-corrected chi connectivity index (χ0v) is 14.4. The SMILES string of the molecule is Cc1ccn2c(F)c(C(=O)NCCOCc3ccc(Cl)cc3)nc2c1. The Hall–Kier alpha value is -2.44. The van der Waals surface area contributed by atoms with E-state index in [0.717, 1.165) is 11.1 Å². The van der Waals surface area contributed by atoms with Gasteiger partial charge in [0.25, 0.3) is 5.91 Å².